The molecule has 0 saturated carbocycles. The average Bonchev–Trinajstić information content (AvgIpc) is 2.33. The molecule has 0 aromatic heterocycles. The summed E-state index contributed by atoms with van der Waals surface area (Å²) in [7, 11) is 1.58. The van der Waals surface area contributed by atoms with Crippen LogP contribution in [-0.4, -0.2) is 24.8 Å². The third-order valence-electron chi connectivity index (χ3n) is 2.85. The Morgan fingerprint density at radius 1 is 1.15 bits per heavy atom. The number of aryl methyl sites for hydroxylation is 1. The van der Waals surface area contributed by atoms with Crippen LogP contribution in [0.25, 0.3) is 6.08 Å². The van der Waals surface area contributed by atoms with Crippen molar-refractivity contribution in [1.29, 1.82) is 0 Å². The maximum absolute atomic E-state index is 11.8. The Kier molecular flexibility index (Phi) is 3.53. The Bertz CT molecular complexity index is 576. The minimum absolute atomic E-state index is 0.117. The molecule has 0 amide bonds. The largest absolute Gasteiger partial charge is 0.496 e. The van der Waals surface area contributed by atoms with Gasteiger partial charge in [0, 0.05) is 13.8 Å². The van der Waals surface area contributed by atoms with Crippen molar-refractivity contribution in [2.45, 2.75) is 26.6 Å². The van der Waals surface area contributed by atoms with Crippen molar-refractivity contribution in [2.24, 2.45) is 0 Å². The van der Waals surface area contributed by atoms with Crippen LogP contribution < -0.4 is 4.74 Å². The van der Waals surface area contributed by atoms with Gasteiger partial charge in [0.05, 0.1) is 7.11 Å². The van der Waals surface area contributed by atoms with Crippen LogP contribution in [0.1, 0.15) is 25.0 Å². The molecule has 0 radical (unpaired) electrons. The standard InChI is InChI=1S/C15H16O5/c1-9-7-10(5-6-12(9)18-4)8-11-13(16)19-15(2,3)20-14(11)17/h5-8H,1-4H3. The van der Waals surface area contributed by atoms with E-state index in [-0.39, 0.29) is 5.57 Å². The van der Waals surface area contributed by atoms with Gasteiger partial charge in [-0.2, -0.15) is 0 Å². The van der Waals surface area contributed by atoms with Crippen molar-refractivity contribution in [3.63, 3.8) is 0 Å². The molecule has 0 N–H and O–H groups in total. The minimum Gasteiger partial charge on any atom is -0.496 e. The Morgan fingerprint density at radius 2 is 1.75 bits per heavy atom. The fourth-order valence-corrected chi connectivity index (χ4v) is 1.94. The van der Waals surface area contributed by atoms with Gasteiger partial charge in [0.2, 0.25) is 0 Å². The number of benzene rings is 1. The third kappa shape index (κ3) is 2.82. The molecule has 1 aliphatic heterocycles. The molecule has 5 heteroatoms. The Balaban J connectivity index is 2.33. The van der Waals surface area contributed by atoms with E-state index in [9.17, 15) is 9.59 Å². The van der Waals surface area contributed by atoms with E-state index in [1.807, 2.05) is 13.0 Å². The molecule has 1 aromatic carbocycles. The van der Waals surface area contributed by atoms with Crippen LogP contribution in [0.4, 0.5) is 0 Å². The second-order valence-corrected chi connectivity index (χ2v) is 4.97. The summed E-state index contributed by atoms with van der Waals surface area (Å²) in [5.41, 5.74) is 1.49. The predicted octanol–water partition coefficient (Wildman–Crippen LogP) is 2.22. The first kappa shape index (κ1) is 14.1. The van der Waals surface area contributed by atoms with Crippen LogP contribution in [0.3, 0.4) is 0 Å². The Morgan fingerprint density at radius 3 is 2.25 bits per heavy atom. The molecular formula is C15H16O5. The molecular weight excluding hydrogens is 260 g/mol. The maximum atomic E-state index is 11.8. The first-order chi connectivity index (χ1) is 9.32. The molecule has 1 aliphatic rings. The molecule has 106 valence electrons. The summed E-state index contributed by atoms with van der Waals surface area (Å²) in [5, 5.41) is 0. The van der Waals surface area contributed by atoms with E-state index in [1.165, 1.54) is 19.9 Å². The van der Waals surface area contributed by atoms with Gasteiger partial charge in [-0.3, -0.25) is 0 Å². The highest BCUT2D eigenvalue weighted by Gasteiger charge is 2.38. The van der Waals surface area contributed by atoms with Crippen LogP contribution in [-0.2, 0) is 19.1 Å². The predicted molar refractivity (Wildman–Crippen MR) is 72.0 cm³/mol. The molecule has 1 fully saturated rings. The summed E-state index contributed by atoms with van der Waals surface area (Å²) < 4.78 is 15.2. The SMILES string of the molecule is COc1ccc(C=C2C(=O)OC(C)(C)OC2=O)cc1C. The molecule has 1 aromatic rings. The van der Waals surface area contributed by atoms with Crippen LogP contribution in [0.2, 0.25) is 0 Å². The number of cyclic esters (lactones) is 2. The normalized spacial score (nSPS) is 17.3. The third-order valence-corrected chi connectivity index (χ3v) is 2.85. The van der Waals surface area contributed by atoms with Gasteiger partial charge < -0.3 is 14.2 Å². The van der Waals surface area contributed by atoms with Crippen LogP contribution in [0.5, 0.6) is 5.75 Å². The topological polar surface area (TPSA) is 61.8 Å². The molecule has 0 aliphatic carbocycles. The molecule has 0 spiro atoms. The molecule has 2 rings (SSSR count). The summed E-state index contributed by atoms with van der Waals surface area (Å²) in [6.45, 7) is 4.90. The van der Waals surface area contributed by atoms with Gasteiger partial charge in [0.15, 0.2) is 0 Å². The second kappa shape index (κ2) is 5.00. The van der Waals surface area contributed by atoms with E-state index in [4.69, 9.17) is 14.2 Å². The van der Waals surface area contributed by atoms with Crippen molar-refractivity contribution in [1.82, 2.24) is 0 Å². The Labute approximate surface area is 117 Å². The summed E-state index contributed by atoms with van der Waals surface area (Å²) in [6, 6.07) is 5.33. The summed E-state index contributed by atoms with van der Waals surface area (Å²) >= 11 is 0. The monoisotopic (exact) mass is 276 g/mol. The van der Waals surface area contributed by atoms with Gasteiger partial charge in [-0.25, -0.2) is 9.59 Å². The maximum Gasteiger partial charge on any atom is 0.348 e. The van der Waals surface area contributed by atoms with E-state index < -0.39 is 17.7 Å². The molecule has 0 bridgehead atoms. The lowest BCUT2D eigenvalue weighted by atomic mass is 10.1. The van der Waals surface area contributed by atoms with Crippen LogP contribution in [0, 0.1) is 6.92 Å². The zero-order valence-corrected chi connectivity index (χ0v) is 11.9. The quantitative estimate of drug-likeness (QED) is 0.471. The molecule has 0 unspecified atom stereocenters. The van der Waals surface area contributed by atoms with Gasteiger partial charge in [-0.05, 0) is 36.3 Å². The number of hydrogen-bond donors (Lipinski definition) is 0. The number of hydrogen-bond acceptors (Lipinski definition) is 5. The van der Waals surface area contributed by atoms with Gasteiger partial charge >= 0.3 is 11.9 Å². The summed E-state index contributed by atoms with van der Waals surface area (Å²) in [5.74, 6) is -1.84. The van der Waals surface area contributed by atoms with Gasteiger partial charge in [0.25, 0.3) is 5.79 Å². The number of carbonyl (C=O) groups is 2. The molecule has 5 nitrogen and oxygen atoms in total. The van der Waals surface area contributed by atoms with Crippen molar-refractivity contribution >= 4 is 18.0 Å². The number of esters is 2. The van der Waals surface area contributed by atoms with Gasteiger partial charge in [-0.15, -0.1) is 0 Å². The molecule has 1 saturated heterocycles. The lowest BCUT2D eigenvalue weighted by Crippen LogP contribution is -2.41. The second-order valence-electron chi connectivity index (χ2n) is 4.97. The summed E-state index contributed by atoms with van der Waals surface area (Å²) in [4.78, 5) is 23.6. The first-order valence-corrected chi connectivity index (χ1v) is 6.15. The lowest BCUT2D eigenvalue weighted by molar-refractivity contribution is -0.222. The zero-order chi connectivity index (χ0) is 14.9. The van der Waals surface area contributed by atoms with Crippen molar-refractivity contribution in [3.05, 3.63) is 34.9 Å². The molecule has 0 atom stereocenters. The first-order valence-electron chi connectivity index (χ1n) is 6.15. The molecule has 20 heavy (non-hydrogen) atoms. The van der Waals surface area contributed by atoms with Crippen molar-refractivity contribution < 1.29 is 23.8 Å². The van der Waals surface area contributed by atoms with E-state index in [0.717, 1.165) is 11.3 Å². The van der Waals surface area contributed by atoms with E-state index in [1.54, 1.807) is 19.2 Å². The van der Waals surface area contributed by atoms with E-state index in [2.05, 4.69) is 0 Å². The highest BCUT2D eigenvalue weighted by Crippen LogP contribution is 2.25. The van der Waals surface area contributed by atoms with Crippen molar-refractivity contribution in [2.75, 3.05) is 7.11 Å². The number of rotatable bonds is 2. The van der Waals surface area contributed by atoms with Crippen LogP contribution >= 0.6 is 0 Å². The molecule has 1 heterocycles. The zero-order valence-electron chi connectivity index (χ0n) is 11.9. The smallest absolute Gasteiger partial charge is 0.348 e. The van der Waals surface area contributed by atoms with Crippen molar-refractivity contribution in [3.8, 4) is 5.75 Å². The average molecular weight is 276 g/mol. The van der Waals surface area contributed by atoms with Gasteiger partial charge in [0.1, 0.15) is 11.3 Å². The lowest BCUT2D eigenvalue weighted by Gasteiger charge is -2.29. The Hall–Kier alpha value is -2.30. The highest BCUT2D eigenvalue weighted by molar-refractivity contribution is 6.18. The fraction of sp³-hybridized carbons (Fsp3) is 0.333. The van der Waals surface area contributed by atoms with Gasteiger partial charge in [-0.1, -0.05) is 6.07 Å². The van der Waals surface area contributed by atoms with Crippen LogP contribution in [0.15, 0.2) is 23.8 Å². The number of methoxy groups -OCH3 is 1. The minimum atomic E-state index is -1.22. The highest BCUT2D eigenvalue weighted by atomic mass is 16.7. The summed E-state index contributed by atoms with van der Waals surface area (Å²) in [6.07, 6.45) is 1.45. The van der Waals surface area contributed by atoms with E-state index in [0.29, 0.717) is 5.56 Å². The van der Waals surface area contributed by atoms with E-state index >= 15 is 0 Å². The fourth-order valence-electron chi connectivity index (χ4n) is 1.94. The number of ether oxygens (including phenoxy) is 3. The number of carbonyl (C=O) groups excluding carboxylic acids is 2.